The van der Waals surface area contributed by atoms with Crippen LogP contribution < -0.4 is 5.32 Å². The van der Waals surface area contributed by atoms with Crippen LogP contribution >= 0.6 is 23.1 Å². The highest BCUT2D eigenvalue weighted by atomic mass is 32.2. The fourth-order valence-corrected chi connectivity index (χ4v) is 3.63. The van der Waals surface area contributed by atoms with Crippen LogP contribution in [0.3, 0.4) is 0 Å². The molecule has 0 atom stereocenters. The Labute approximate surface area is 124 Å². The minimum absolute atomic E-state index is 0.770. The normalized spacial score (nSPS) is 11.2. The van der Waals surface area contributed by atoms with Crippen molar-refractivity contribution in [2.45, 2.75) is 17.5 Å². The predicted octanol–water partition coefficient (Wildman–Crippen LogP) is 1.79. The molecule has 0 amide bonds. The van der Waals surface area contributed by atoms with E-state index in [1.54, 1.807) is 23.1 Å². The Bertz CT molecular complexity index is 659. The summed E-state index contributed by atoms with van der Waals surface area (Å²) in [4.78, 5) is 4.61. The first kappa shape index (κ1) is 13.5. The van der Waals surface area contributed by atoms with Crippen molar-refractivity contribution < 1.29 is 0 Å². The highest BCUT2D eigenvalue weighted by molar-refractivity contribution is 7.98. The maximum atomic E-state index is 4.61. The topological polar surface area (TPSA) is 68.5 Å². The molecule has 104 valence electrons. The molecule has 6 nitrogen and oxygen atoms in total. The lowest BCUT2D eigenvalue weighted by Crippen LogP contribution is -2.16. The van der Waals surface area contributed by atoms with Crippen LogP contribution in [0.1, 0.15) is 5.01 Å². The molecular weight excluding hydrogens is 292 g/mol. The number of para-hydroxylation sites is 1. The number of thioether (sulfide) groups is 1. The fraction of sp³-hybridized carbons (Fsp3) is 0.333. The zero-order valence-electron chi connectivity index (χ0n) is 11.0. The van der Waals surface area contributed by atoms with Crippen LogP contribution in [0.2, 0.25) is 0 Å². The van der Waals surface area contributed by atoms with E-state index in [2.05, 4.69) is 31.9 Å². The monoisotopic (exact) mass is 306 g/mol. The number of likely N-dealkylation sites (N-methyl/N-ethyl adjacent to an activating group) is 1. The number of tetrazole rings is 1. The van der Waals surface area contributed by atoms with Gasteiger partial charge in [-0.25, -0.2) is 9.67 Å². The van der Waals surface area contributed by atoms with Gasteiger partial charge in [-0.2, -0.15) is 0 Å². The smallest absolute Gasteiger partial charge is 0.209 e. The van der Waals surface area contributed by atoms with Crippen LogP contribution in [0.25, 0.3) is 10.2 Å². The van der Waals surface area contributed by atoms with Gasteiger partial charge in [0.15, 0.2) is 0 Å². The summed E-state index contributed by atoms with van der Waals surface area (Å²) in [5.74, 6) is 0.791. The summed E-state index contributed by atoms with van der Waals surface area (Å²) >= 11 is 3.34. The Morgan fingerprint density at radius 2 is 2.25 bits per heavy atom. The maximum absolute atomic E-state index is 4.61. The number of hydrogen-bond donors (Lipinski definition) is 1. The second kappa shape index (κ2) is 6.29. The molecule has 0 saturated carbocycles. The third-order valence-corrected chi connectivity index (χ3v) is 4.92. The first-order valence-corrected chi connectivity index (χ1v) is 8.05. The number of thiazole rings is 1. The summed E-state index contributed by atoms with van der Waals surface area (Å²) in [6, 6.07) is 8.18. The number of nitrogens with zero attached hydrogens (tertiary/aromatic N) is 5. The van der Waals surface area contributed by atoms with Crippen LogP contribution in [0.15, 0.2) is 29.4 Å². The predicted molar refractivity (Wildman–Crippen MR) is 80.9 cm³/mol. The number of benzene rings is 1. The van der Waals surface area contributed by atoms with Crippen molar-refractivity contribution in [3.63, 3.8) is 0 Å². The molecule has 3 rings (SSSR count). The van der Waals surface area contributed by atoms with E-state index in [-0.39, 0.29) is 0 Å². The minimum Gasteiger partial charge on any atom is -0.318 e. The molecule has 2 aromatic heterocycles. The Morgan fingerprint density at radius 1 is 1.35 bits per heavy atom. The Morgan fingerprint density at radius 3 is 3.10 bits per heavy atom. The van der Waals surface area contributed by atoms with Crippen molar-refractivity contribution in [2.24, 2.45) is 0 Å². The SMILES string of the molecule is CNCCn1nnnc1SCc1nc2ccccc2s1. The van der Waals surface area contributed by atoms with Crippen molar-refractivity contribution >= 4 is 33.3 Å². The zero-order valence-corrected chi connectivity index (χ0v) is 12.6. The molecule has 0 aliphatic carbocycles. The van der Waals surface area contributed by atoms with E-state index >= 15 is 0 Å². The molecule has 20 heavy (non-hydrogen) atoms. The van der Waals surface area contributed by atoms with E-state index in [9.17, 15) is 0 Å². The summed E-state index contributed by atoms with van der Waals surface area (Å²) < 4.78 is 3.03. The van der Waals surface area contributed by atoms with Gasteiger partial charge in [-0.3, -0.25) is 0 Å². The highest BCUT2D eigenvalue weighted by Crippen LogP contribution is 2.27. The largest absolute Gasteiger partial charge is 0.318 e. The van der Waals surface area contributed by atoms with Gasteiger partial charge in [0.25, 0.3) is 0 Å². The van der Waals surface area contributed by atoms with Crippen LogP contribution in [0.4, 0.5) is 0 Å². The van der Waals surface area contributed by atoms with Gasteiger partial charge in [0.1, 0.15) is 5.01 Å². The lowest BCUT2D eigenvalue weighted by atomic mass is 10.3. The summed E-state index contributed by atoms with van der Waals surface area (Å²) in [6.45, 7) is 1.62. The lowest BCUT2D eigenvalue weighted by molar-refractivity contribution is 0.530. The molecule has 1 aromatic carbocycles. The third kappa shape index (κ3) is 2.97. The summed E-state index contributed by atoms with van der Waals surface area (Å²) in [7, 11) is 1.91. The Kier molecular flexibility index (Phi) is 4.24. The quantitative estimate of drug-likeness (QED) is 0.700. The molecule has 0 saturated heterocycles. The van der Waals surface area contributed by atoms with E-state index in [1.165, 1.54) is 4.70 Å². The molecule has 0 aliphatic heterocycles. The van der Waals surface area contributed by atoms with Crippen LogP contribution in [0.5, 0.6) is 0 Å². The summed E-state index contributed by atoms with van der Waals surface area (Å²) in [5.41, 5.74) is 1.06. The maximum Gasteiger partial charge on any atom is 0.209 e. The first-order valence-electron chi connectivity index (χ1n) is 6.25. The van der Waals surface area contributed by atoms with Gasteiger partial charge in [-0.15, -0.1) is 16.4 Å². The molecule has 8 heteroatoms. The molecule has 0 aliphatic rings. The number of hydrogen-bond acceptors (Lipinski definition) is 7. The van der Waals surface area contributed by atoms with E-state index in [4.69, 9.17) is 0 Å². The molecule has 0 unspecified atom stereocenters. The summed E-state index contributed by atoms with van der Waals surface area (Å²) in [6.07, 6.45) is 0. The van der Waals surface area contributed by atoms with Gasteiger partial charge in [-0.05, 0) is 29.6 Å². The second-order valence-electron chi connectivity index (χ2n) is 4.15. The average molecular weight is 306 g/mol. The van der Waals surface area contributed by atoms with Crippen molar-refractivity contribution in [3.8, 4) is 0 Å². The van der Waals surface area contributed by atoms with Crippen molar-refractivity contribution in [2.75, 3.05) is 13.6 Å². The van der Waals surface area contributed by atoms with E-state index in [0.29, 0.717) is 0 Å². The standard InChI is InChI=1S/C12H14N6S2/c1-13-6-7-18-12(15-16-17-18)19-8-11-14-9-4-2-3-5-10(9)20-11/h2-5,13H,6-8H2,1H3. The Hall–Kier alpha value is -1.51. The number of nitrogens with one attached hydrogen (secondary N) is 1. The fourth-order valence-electron chi connectivity index (χ4n) is 1.77. The molecule has 0 bridgehead atoms. The molecule has 2 heterocycles. The molecule has 3 aromatic rings. The van der Waals surface area contributed by atoms with E-state index in [0.717, 1.165) is 34.5 Å². The molecule has 0 fully saturated rings. The molecule has 0 spiro atoms. The van der Waals surface area contributed by atoms with E-state index < -0.39 is 0 Å². The molecule has 1 N–H and O–H groups in total. The van der Waals surface area contributed by atoms with Gasteiger partial charge in [0.2, 0.25) is 5.16 Å². The van der Waals surface area contributed by atoms with Gasteiger partial charge < -0.3 is 5.32 Å². The number of fused-ring (bicyclic) bond motifs is 1. The van der Waals surface area contributed by atoms with Crippen LogP contribution in [-0.4, -0.2) is 38.8 Å². The van der Waals surface area contributed by atoms with Gasteiger partial charge in [0.05, 0.1) is 22.5 Å². The van der Waals surface area contributed by atoms with Crippen molar-refractivity contribution in [1.82, 2.24) is 30.5 Å². The van der Waals surface area contributed by atoms with Crippen LogP contribution in [0, 0.1) is 0 Å². The van der Waals surface area contributed by atoms with Gasteiger partial charge in [-0.1, -0.05) is 23.9 Å². The van der Waals surface area contributed by atoms with Crippen molar-refractivity contribution in [3.05, 3.63) is 29.3 Å². The lowest BCUT2D eigenvalue weighted by Gasteiger charge is -2.02. The number of rotatable bonds is 6. The van der Waals surface area contributed by atoms with Gasteiger partial charge in [0, 0.05) is 6.54 Å². The molecular formula is C12H14N6S2. The van der Waals surface area contributed by atoms with Gasteiger partial charge >= 0.3 is 0 Å². The Balaban J connectivity index is 1.68. The van der Waals surface area contributed by atoms with Crippen LogP contribution in [-0.2, 0) is 12.3 Å². The molecule has 0 radical (unpaired) electrons. The van der Waals surface area contributed by atoms with E-state index in [1.807, 2.05) is 29.9 Å². The summed E-state index contributed by atoms with van der Waals surface area (Å²) in [5, 5.41) is 16.8. The third-order valence-electron chi connectivity index (χ3n) is 2.74. The zero-order chi connectivity index (χ0) is 13.8. The van der Waals surface area contributed by atoms with Crippen molar-refractivity contribution in [1.29, 1.82) is 0 Å². The number of aromatic nitrogens is 5. The highest BCUT2D eigenvalue weighted by Gasteiger charge is 2.09. The minimum atomic E-state index is 0.770. The average Bonchev–Trinajstić information content (AvgIpc) is 3.08. The first-order chi connectivity index (χ1) is 9.86. The second-order valence-corrected chi connectivity index (χ2v) is 6.21.